The lowest BCUT2D eigenvalue weighted by Gasteiger charge is -2.34. The number of aromatic nitrogens is 3. The molecule has 8 nitrogen and oxygen atoms in total. The number of piperidine rings is 1. The third-order valence-electron chi connectivity index (χ3n) is 4.81. The second-order valence-electron chi connectivity index (χ2n) is 6.95. The van der Waals surface area contributed by atoms with Gasteiger partial charge in [-0.05, 0) is 55.6 Å². The lowest BCUT2D eigenvalue weighted by molar-refractivity contribution is 0.232. The van der Waals surface area contributed by atoms with E-state index in [0.717, 1.165) is 25.9 Å². The van der Waals surface area contributed by atoms with Crippen LogP contribution >= 0.6 is 0 Å². The van der Waals surface area contributed by atoms with Crippen molar-refractivity contribution >= 4 is 10.0 Å². The van der Waals surface area contributed by atoms with Crippen LogP contribution in [0.4, 0.5) is 0 Å². The third kappa shape index (κ3) is 4.60. The monoisotopic (exact) mass is 379 g/mol. The Kier molecular flexibility index (Phi) is 5.59. The summed E-state index contributed by atoms with van der Waals surface area (Å²) >= 11 is 0. The van der Waals surface area contributed by atoms with Crippen molar-refractivity contribution in [1.29, 1.82) is 0 Å². The fourth-order valence-corrected chi connectivity index (χ4v) is 4.07. The van der Waals surface area contributed by atoms with Crippen LogP contribution in [0.15, 0.2) is 35.5 Å². The minimum atomic E-state index is -3.53. The molecule has 0 radical (unpaired) electrons. The summed E-state index contributed by atoms with van der Waals surface area (Å²) in [5.41, 5.74) is -0.00251. The van der Waals surface area contributed by atoms with Gasteiger partial charge in [-0.2, -0.15) is 5.10 Å². The largest absolute Gasteiger partial charge is 0.486 e. The van der Waals surface area contributed by atoms with Crippen molar-refractivity contribution < 1.29 is 13.2 Å². The van der Waals surface area contributed by atoms with Crippen molar-refractivity contribution in [3.8, 4) is 5.75 Å². The molecule has 1 aromatic carbocycles. The second-order valence-corrected chi connectivity index (χ2v) is 8.71. The Bertz CT molecular complexity index is 826. The molecule has 0 aliphatic carbocycles. The van der Waals surface area contributed by atoms with E-state index in [4.69, 9.17) is 4.74 Å². The summed E-state index contributed by atoms with van der Waals surface area (Å²) in [5, 5.41) is 7.27. The van der Waals surface area contributed by atoms with Crippen molar-refractivity contribution in [3.05, 3.63) is 36.4 Å². The maximum Gasteiger partial charge on any atom is 0.240 e. The van der Waals surface area contributed by atoms with Gasteiger partial charge in [-0.3, -0.25) is 4.68 Å². The first kappa shape index (κ1) is 18.8. The van der Waals surface area contributed by atoms with Crippen LogP contribution in [0.1, 0.15) is 25.6 Å². The molecule has 0 bridgehead atoms. The van der Waals surface area contributed by atoms with Gasteiger partial charge in [0.1, 0.15) is 18.7 Å². The van der Waals surface area contributed by atoms with Gasteiger partial charge in [0.05, 0.1) is 4.90 Å². The van der Waals surface area contributed by atoms with Crippen LogP contribution in [-0.4, -0.2) is 42.8 Å². The number of nitrogens with one attached hydrogen (secondary N) is 2. The van der Waals surface area contributed by atoms with E-state index >= 15 is 0 Å². The predicted octanol–water partition coefficient (Wildman–Crippen LogP) is 1.06. The number of hydrogen-bond acceptors (Lipinski definition) is 6. The topological polar surface area (TPSA) is 98.1 Å². The maximum atomic E-state index is 12.5. The molecule has 0 amide bonds. The van der Waals surface area contributed by atoms with Crippen molar-refractivity contribution in [2.45, 2.75) is 31.3 Å². The Morgan fingerprint density at radius 1 is 1.27 bits per heavy atom. The van der Waals surface area contributed by atoms with Gasteiger partial charge in [-0.15, -0.1) is 0 Å². The first-order chi connectivity index (χ1) is 12.4. The molecule has 0 saturated carbocycles. The van der Waals surface area contributed by atoms with Crippen molar-refractivity contribution in [1.82, 2.24) is 24.8 Å². The van der Waals surface area contributed by atoms with Crippen LogP contribution in [-0.2, 0) is 23.7 Å². The minimum absolute atomic E-state index is 0.00251. The van der Waals surface area contributed by atoms with Crippen molar-refractivity contribution in [3.63, 3.8) is 0 Å². The number of ether oxygens (including phenoxy) is 1. The molecule has 2 N–H and O–H groups in total. The first-order valence-electron chi connectivity index (χ1n) is 8.64. The quantitative estimate of drug-likeness (QED) is 0.747. The molecule has 0 unspecified atom stereocenters. The molecule has 26 heavy (non-hydrogen) atoms. The minimum Gasteiger partial charge on any atom is -0.486 e. The van der Waals surface area contributed by atoms with Gasteiger partial charge < -0.3 is 10.1 Å². The van der Waals surface area contributed by atoms with Crippen molar-refractivity contribution in [2.75, 3.05) is 19.6 Å². The van der Waals surface area contributed by atoms with E-state index in [9.17, 15) is 8.42 Å². The molecular weight excluding hydrogens is 354 g/mol. The lowest BCUT2D eigenvalue weighted by atomic mass is 9.81. The van der Waals surface area contributed by atoms with Gasteiger partial charge in [0, 0.05) is 13.6 Å². The summed E-state index contributed by atoms with van der Waals surface area (Å²) in [5.74, 6) is 1.27. The molecule has 2 aromatic rings. The number of rotatable bonds is 7. The van der Waals surface area contributed by atoms with Gasteiger partial charge in [0.25, 0.3) is 0 Å². The van der Waals surface area contributed by atoms with Crippen LogP contribution in [0.25, 0.3) is 0 Å². The lowest BCUT2D eigenvalue weighted by Crippen LogP contribution is -2.42. The SMILES string of the molecule is Cn1ncnc1COc1ccc(S(=O)(=O)NCC2(C)CCNCC2)cc1. The van der Waals surface area contributed by atoms with Gasteiger partial charge in [-0.1, -0.05) is 6.92 Å². The molecule has 1 aliphatic rings. The van der Waals surface area contributed by atoms with Crippen molar-refractivity contribution in [2.24, 2.45) is 12.5 Å². The highest BCUT2D eigenvalue weighted by Gasteiger charge is 2.28. The average molecular weight is 379 g/mol. The van der Waals surface area contributed by atoms with Crippen LogP contribution in [0.5, 0.6) is 5.75 Å². The van der Waals surface area contributed by atoms with E-state index < -0.39 is 10.0 Å². The van der Waals surface area contributed by atoms with Gasteiger partial charge in [0.15, 0.2) is 5.82 Å². The highest BCUT2D eigenvalue weighted by molar-refractivity contribution is 7.89. The van der Waals surface area contributed by atoms with Crippen LogP contribution in [0.2, 0.25) is 0 Å². The summed E-state index contributed by atoms with van der Waals surface area (Å²) in [6.07, 6.45) is 3.39. The van der Waals surface area contributed by atoms with E-state index in [1.54, 1.807) is 36.0 Å². The van der Waals surface area contributed by atoms with E-state index in [-0.39, 0.29) is 16.9 Å². The van der Waals surface area contributed by atoms with E-state index in [1.807, 2.05) is 0 Å². The zero-order valence-electron chi connectivity index (χ0n) is 15.1. The van der Waals surface area contributed by atoms with E-state index in [1.165, 1.54) is 6.33 Å². The second kappa shape index (κ2) is 7.73. The Morgan fingerprint density at radius 3 is 2.58 bits per heavy atom. The molecular formula is C17H25N5O3S. The molecule has 142 valence electrons. The summed E-state index contributed by atoms with van der Waals surface area (Å²) < 4.78 is 35.1. The number of benzene rings is 1. The number of nitrogens with zero attached hydrogens (tertiary/aromatic N) is 3. The van der Waals surface area contributed by atoms with Gasteiger partial charge in [-0.25, -0.2) is 18.1 Å². The molecule has 1 aromatic heterocycles. The Balaban J connectivity index is 1.58. The summed E-state index contributed by atoms with van der Waals surface area (Å²) in [6.45, 7) is 4.69. The first-order valence-corrected chi connectivity index (χ1v) is 10.1. The van der Waals surface area contributed by atoms with E-state index in [2.05, 4.69) is 27.0 Å². The molecule has 1 aliphatic heterocycles. The number of sulfonamides is 1. The smallest absolute Gasteiger partial charge is 0.240 e. The Morgan fingerprint density at radius 2 is 1.96 bits per heavy atom. The summed E-state index contributed by atoms with van der Waals surface area (Å²) in [4.78, 5) is 4.32. The number of aryl methyl sites for hydroxylation is 1. The summed E-state index contributed by atoms with van der Waals surface area (Å²) in [6, 6.07) is 6.41. The van der Waals surface area contributed by atoms with Crippen LogP contribution in [0, 0.1) is 5.41 Å². The highest BCUT2D eigenvalue weighted by Crippen LogP contribution is 2.27. The Labute approximate surface area is 154 Å². The zero-order chi connectivity index (χ0) is 18.6. The molecule has 1 saturated heterocycles. The molecule has 2 heterocycles. The number of hydrogen-bond donors (Lipinski definition) is 2. The average Bonchev–Trinajstić information content (AvgIpc) is 3.04. The normalized spacial score (nSPS) is 17.2. The molecule has 9 heteroatoms. The van der Waals surface area contributed by atoms with Gasteiger partial charge >= 0.3 is 0 Å². The van der Waals surface area contributed by atoms with Gasteiger partial charge in [0.2, 0.25) is 10.0 Å². The predicted molar refractivity (Wildman–Crippen MR) is 97.2 cm³/mol. The molecule has 3 rings (SSSR count). The van der Waals surface area contributed by atoms with Crippen LogP contribution < -0.4 is 14.8 Å². The van der Waals surface area contributed by atoms with E-state index in [0.29, 0.717) is 18.1 Å². The van der Waals surface area contributed by atoms with Crippen LogP contribution in [0.3, 0.4) is 0 Å². The standard InChI is InChI=1S/C17H25N5O3S/c1-17(7-9-18-10-8-17)12-21-26(23,24)15-5-3-14(4-6-15)25-11-16-19-13-20-22(16)2/h3-6,13,18,21H,7-12H2,1-2H3. The molecule has 0 spiro atoms. The molecule has 0 atom stereocenters. The maximum absolute atomic E-state index is 12.5. The Hall–Kier alpha value is -1.97. The fourth-order valence-electron chi connectivity index (χ4n) is 2.87. The third-order valence-corrected chi connectivity index (χ3v) is 6.22. The summed E-state index contributed by atoms with van der Waals surface area (Å²) in [7, 11) is -1.74. The fraction of sp³-hybridized carbons (Fsp3) is 0.529. The highest BCUT2D eigenvalue weighted by atomic mass is 32.2. The molecule has 1 fully saturated rings. The zero-order valence-corrected chi connectivity index (χ0v) is 15.9.